The highest BCUT2D eigenvalue weighted by atomic mass is 16.4. The smallest absolute Gasteiger partial charge is 0.339 e. The van der Waals surface area contributed by atoms with E-state index in [1.54, 1.807) is 0 Å². The molecule has 0 atom stereocenters. The fraction of sp³-hybridized carbons (Fsp3) is 0. The highest BCUT2D eigenvalue weighted by Gasteiger charge is 2.17. The minimum atomic E-state index is -1.36. The molecule has 0 heterocycles. The molecule has 0 unspecified atom stereocenters. The Balaban J connectivity index is 2.07. The van der Waals surface area contributed by atoms with Crippen molar-refractivity contribution < 1.29 is 39.6 Å². The maximum atomic E-state index is 11.8. The molecule has 0 saturated carbocycles. The van der Waals surface area contributed by atoms with E-state index in [4.69, 9.17) is 10.2 Å². The van der Waals surface area contributed by atoms with Gasteiger partial charge in [0.05, 0.1) is 0 Å². The zero-order valence-corrected chi connectivity index (χ0v) is 12.9. The zero-order chi connectivity index (χ0) is 19.4. The van der Waals surface area contributed by atoms with E-state index >= 15 is 0 Å². The summed E-state index contributed by atoms with van der Waals surface area (Å²) in [5, 5.41) is 41.0. The molecule has 0 aliphatic carbocycles. The number of carbonyl (C=O) groups is 4. The first-order valence-electron chi connectivity index (χ1n) is 6.94. The van der Waals surface area contributed by atoms with Crippen LogP contribution in [0.2, 0.25) is 0 Å². The number of amides is 2. The van der Waals surface area contributed by atoms with Crippen LogP contribution in [0.4, 0.5) is 11.4 Å². The maximum absolute atomic E-state index is 11.8. The Morgan fingerprint density at radius 2 is 1.00 bits per heavy atom. The Morgan fingerprint density at radius 3 is 1.27 bits per heavy atom. The van der Waals surface area contributed by atoms with Crippen LogP contribution >= 0.6 is 0 Å². The highest BCUT2D eigenvalue weighted by Crippen LogP contribution is 2.23. The third-order valence-electron chi connectivity index (χ3n) is 3.18. The van der Waals surface area contributed by atoms with Gasteiger partial charge in [0.25, 0.3) is 0 Å². The SMILES string of the molecule is O=C(Nc1ccc(C(=O)O)c(O)c1)C(=O)Nc1ccc(C(=O)O)c(O)c1. The number of anilines is 2. The summed E-state index contributed by atoms with van der Waals surface area (Å²) in [7, 11) is 0. The average molecular weight is 360 g/mol. The molecule has 0 aliphatic heterocycles. The summed E-state index contributed by atoms with van der Waals surface area (Å²) in [6.45, 7) is 0. The summed E-state index contributed by atoms with van der Waals surface area (Å²) in [6.07, 6.45) is 0. The van der Waals surface area contributed by atoms with Crippen molar-refractivity contribution in [2.24, 2.45) is 0 Å². The number of rotatable bonds is 4. The molecule has 2 amide bonds. The lowest BCUT2D eigenvalue weighted by atomic mass is 10.1. The van der Waals surface area contributed by atoms with Crippen LogP contribution in [0.3, 0.4) is 0 Å². The summed E-state index contributed by atoms with van der Waals surface area (Å²) >= 11 is 0. The molecule has 6 N–H and O–H groups in total. The Hall–Kier alpha value is -4.08. The van der Waals surface area contributed by atoms with Gasteiger partial charge in [0.1, 0.15) is 22.6 Å². The minimum absolute atomic E-state index is 0.0169. The number of carboxylic acids is 2. The second-order valence-electron chi connectivity index (χ2n) is 4.98. The Morgan fingerprint density at radius 1 is 0.654 bits per heavy atom. The van der Waals surface area contributed by atoms with Crippen molar-refractivity contribution in [3.63, 3.8) is 0 Å². The first-order valence-corrected chi connectivity index (χ1v) is 6.94. The van der Waals surface area contributed by atoms with Gasteiger partial charge in [-0.15, -0.1) is 0 Å². The third kappa shape index (κ3) is 4.06. The van der Waals surface area contributed by atoms with Crippen LogP contribution in [-0.2, 0) is 9.59 Å². The second-order valence-corrected chi connectivity index (χ2v) is 4.98. The monoisotopic (exact) mass is 360 g/mol. The highest BCUT2D eigenvalue weighted by molar-refractivity contribution is 6.43. The van der Waals surface area contributed by atoms with Gasteiger partial charge in [-0.05, 0) is 24.3 Å². The lowest BCUT2D eigenvalue weighted by molar-refractivity contribution is -0.133. The second kappa shape index (κ2) is 7.21. The Labute approximate surface area is 145 Å². The van der Waals surface area contributed by atoms with Gasteiger partial charge in [0, 0.05) is 23.5 Å². The summed E-state index contributed by atoms with van der Waals surface area (Å²) in [5.74, 6) is -6.16. The van der Waals surface area contributed by atoms with E-state index in [9.17, 15) is 29.4 Å². The van der Waals surface area contributed by atoms with Crippen LogP contribution in [0.15, 0.2) is 36.4 Å². The largest absolute Gasteiger partial charge is 0.507 e. The lowest BCUT2D eigenvalue weighted by Gasteiger charge is -2.09. The van der Waals surface area contributed by atoms with Gasteiger partial charge in [0.15, 0.2) is 0 Å². The van der Waals surface area contributed by atoms with Crippen molar-refractivity contribution in [2.75, 3.05) is 10.6 Å². The van der Waals surface area contributed by atoms with E-state index in [0.717, 1.165) is 24.3 Å². The number of carboxylic acid groups (broad SMARTS) is 2. The minimum Gasteiger partial charge on any atom is -0.507 e. The van der Waals surface area contributed by atoms with Crippen LogP contribution in [-0.4, -0.2) is 44.2 Å². The van der Waals surface area contributed by atoms with Crippen molar-refractivity contribution in [1.82, 2.24) is 0 Å². The van der Waals surface area contributed by atoms with E-state index < -0.39 is 35.3 Å². The van der Waals surface area contributed by atoms with Gasteiger partial charge in [-0.2, -0.15) is 0 Å². The normalized spacial score (nSPS) is 10.0. The van der Waals surface area contributed by atoms with Crippen molar-refractivity contribution in [3.8, 4) is 11.5 Å². The van der Waals surface area contributed by atoms with Crippen molar-refractivity contribution in [1.29, 1.82) is 0 Å². The number of hydrogen-bond donors (Lipinski definition) is 6. The predicted octanol–water partition coefficient (Wildman–Crippen LogP) is 1.07. The summed E-state index contributed by atoms with van der Waals surface area (Å²) in [4.78, 5) is 45.2. The lowest BCUT2D eigenvalue weighted by Crippen LogP contribution is -2.29. The predicted molar refractivity (Wildman–Crippen MR) is 87.4 cm³/mol. The van der Waals surface area contributed by atoms with E-state index in [2.05, 4.69) is 10.6 Å². The molecule has 2 aromatic carbocycles. The Bertz CT molecular complexity index is 847. The van der Waals surface area contributed by atoms with Crippen LogP contribution in [0.5, 0.6) is 11.5 Å². The number of hydrogen-bond acceptors (Lipinski definition) is 6. The third-order valence-corrected chi connectivity index (χ3v) is 3.18. The van der Waals surface area contributed by atoms with E-state index in [1.807, 2.05) is 0 Å². The molecular weight excluding hydrogens is 348 g/mol. The van der Waals surface area contributed by atoms with Crippen LogP contribution in [0, 0.1) is 0 Å². The molecule has 0 fully saturated rings. The molecule has 0 aromatic heterocycles. The average Bonchev–Trinajstić information content (AvgIpc) is 2.54. The molecule has 2 rings (SSSR count). The molecule has 134 valence electrons. The summed E-state index contributed by atoms with van der Waals surface area (Å²) < 4.78 is 0. The molecule has 0 radical (unpaired) electrons. The number of benzene rings is 2. The van der Waals surface area contributed by atoms with Gasteiger partial charge < -0.3 is 31.1 Å². The fourth-order valence-corrected chi connectivity index (χ4v) is 1.96. The number of phenols is 2. The first-order chi connectivity index (χ1) is 12.2. The molecule has 2 aromatic rings. The fourth-order valence-electron chi connectivity index (χ4n) is 1.96. The van der Waals surface area contributed by atoms with Gasteiger partial charge >= 0.3 is 23.8 Å². The van der Waals surface area contributed by atoms with Gasteiger partial charge in [-0.25, -0.2) is 9.59 Å². The maximum Gasteiger partial charge on any atom is 0.339 e. The van der Waals surface area contributed by atoms with Crippen LogP contribution in [0.25, 0.3) is 0 Å². The first kappa shape index (κ1) is 18.3. The molecule has 0 bridgehead atoms. The van der Waals surface area contributed by atoms with Gasteiger partial charge in [0.2, 0.25) is 0 Å². The van der Waals surface area contributed by atoms with Gasteiger partial charge in [-0.1, -0.05) is 0 Å². The van der Waals surface area contributed by atoms with Crippen LogP contribution < -0.4 is 10.6 Å². The molecule has 0 spiro atoms. The topological polar surface area (TPSA) is 173 Å². The van der Waals surface area contributed by atoms with E-state index in [1.165, 1.54) is 12.1 Å². The van der Waals surface area contributed by atoms with E-state index in [0.29, 0.717) is 0 Å². The quantitative estimate of drug-likeness (QED) is 0.439. The van der Waals surface area contributed by atoms with Crippen molar-refractivity contribution in [3.05, 3.63) is 47.5 Å². The number of nitrogens with one attached hydrogen (secondary N) is 2. The summed E-state index contributed by atoms with van der Waals surface area (Å²) in [5.41, 5.74) is -0.781. The summed E-state index contributed by atoms with van der Waals surface area (Å²) in [6, 6.07) is 6.38. The van der Waals surface area contributed by atoms with E-state index in [-0.39, 0.29) is 22.5 Å². The number of aromatic hydroxyl groups is 2. The molecule has 10 heteroatoms. The van der Waals surface area contributed by atoms with Crippen molar-refractivity contribution in [2.45, 2.75) is 0 Å². The standard InChI is InChI=1S/C16H12N2O8/c19-11-5-7(1-3-9(11)15(23)24)17-13(21)14(22)18-8-2-4-10(16(25)26)12(20)6-8/h1-6,19-20H,(H,17,21)(H,18,22)(H,23,24)(H,25,26). The number of aromatic carboxylic acids is 2. The number of carbonyl (C=O) groups excluding carboxylic acids is 2. The van der Waals surface area contributed by atoms with Crippen molar-refractivity contribution >= 4 is 35.1 Å². The molecule has 10 nitrogen and oxygen atoms in total. The van der Waals surface area contributed by atoms with Gasteiger partial charge in [-0.3, -0.25) is 9.59 Å². The molecular formula is C16H12N2O8. The molecule has 0 aliphatic rings. The Kier molecular flexibility index (Phi) is 5.07. The molecule has 26 heavy (non-hydrogen) atoms. The van der Waals surface area contributed by atoms with Crippen LogP contribution in [0.1, 0.15) is 20.7 Å². The zero-order valence-electron chi connectivity index (χ0n) is 12.9. The molecule has 0 saturated heterocycles.